The van der Waals surface area contributed by atoms with E-state index in [9.17, 15) is 4.79 Å². The van der Waals surface area contributed by atoms with Crippen LogP contribution in [0.3, 0.4) is 0 Å². The van der Waals surface area contributed by atoms with E-state index in [1.54, 1.807) is 6.92 Å². The molecule has 0 saturated carbocycles. The van der Waals surface area contributed by atoms with Crippen LogP contribution in [0.5, 0.6) is 0 Å². The minimum atomic E-state index is -0.450. The van der Waals surface area contributed by atoms with Crippen LogP contribution in [0.15, 0.2) is 40.2 Å². The molecule has 0 fully saturated rings. The zero-order valence-corrected chi connectivity index (χ0v) is 11.7. The van der Waals surface area contributed by atoms with Crippen LogP contribution in [0.4, 0.5) is 0 Å². The van der Waals surface area contributed by atoms with Crippen molar-refractivity contribution in [3.8, 4) is 0 Å². The second-order valence-electron chi connectivity index (χ2n) is 4.00. The van der Waals surface area contributed by atoms with E-state index >= 15 is 0 Å². The van der Waals surface area contributed by atoms with Gasteiger partial charge in [0.05, 0.1) is 6.61 Å². The fourth-order valence-electron chi connectivity index (χ4n) is 1.57. The highest BCUT2D eigenvalue weighted by Gasteiger charge is 2.13. The van der Waals surface area contributed by atoms with Crippen LogP contribution in [0.1, 0.15) is 28.5 Å². The van der Waals surface area contributed by atoms with Gasteiger partial charge in [0.25, 0.3) is 5.22 Å². The van der Waals surface area contributed by atoms with Crippen LogP contribution >= 0.6 is 11.8 Å². The molecule has 0 saturated heterocycles. The van der Waals surface area contributed by atoms with Crippen molar-refractivity contribution in [2.75, 3.05) is 6.61 Å². The van der Waals surface area contributed by atoms with E-state index < -0.39 is 5.97 Å². The number of hydrogen-bond donors (Lipinski definition) is 0. The van der Waals surface area contributed by atoms with Crippen LogP contribution < -0.4 is 0 Å². The van der Waals surface area contributed by atoms with E-state index in [-0.39, 0.29) is 5.69 Å². The lowest BCUT2D eigenvalue weighted by Gasteiger charge is -1.99. The van der Waals surface area contributed by atoms with Gasteiger partial charge < -0.3 is 9.15 Å². The highest BCUT2D eigenvalue weighted by Crippen LogP contribution is 2.22. The Labute approximate surface area is 116 Å². The van der Waals surface area contributed by atoms with Crippen molar-refractivity contribution < 1.29 is 13.9 Å². The van der Waals surface area contributed by atoms with Crippen LogP contribution in [0, 0.1) is 6.92 Å². The van der Waals surface area contributed by atoms with Crippen LogP contribution in [0.2, 0.25) is 0 Å². The lowest BCUT2D eigenvalue weighted by atomic mass is 10.2. The van der Waals surface area contributed by atoms with Crippen LogP contribution in [-0.4, -0.2) is 17.6 Å². The number of nitrogens with zero attached hydrogens (tertiary/aromatic N) is 1. The number of aryl methyl sites for hydroxylation is 1. The normalized spacial score (nSPS) is 10.4. The SMILES string of the molecule is CCOC(=O)c1coc(SCc2cccc(C)c2)n1. The van der Waals surface area contributed by atoms with Crippen molar-refractivity contribution >= 4 is 17.7 Å². The van der Waals surface area contributed by atoms with Gasteiger partial charge >= 0.3 is 5.97 Å². The van der Waals surface area contributed by atoms with Gasteiger partial charge in [-0.2, -0.15) is 4.98 Å². The molecule has 1 aromatic heterocycles. The zero-order valence-electron chi connectivity index (χ0n) is 10.9. The summed E-state index contributed by atoms with van der Waals surface area (Å²) in [6.07, 6.45) is 1.33. The predicted octanol–water partition coefficient (Wildman–Crippen LogP) is 3.45. The Bertz CT molecular complexity index is 565. The van der Waals surface area contributed by atoms with Crippen molar-refractivity contribution in [3.63, 3.8) is 0 Å². The zero-order chi connectivity index (χ0) is 13.7. The number of esters is 1. The molecule has 0 bridgehead atoms. The van der Waals surface area contributed by atoms with Gasteiger partial charge in [0.1, 0.15) is 6.26 Å². The molecule has 2 rings (SSSR count). The first-order valence-corrected chi connectivity index (χ1v) is 6.98. The smallest absolute Gasteiger partial charge is 0.360 e. The molecule has 100 valence electrons. The summed E-state index contributed by atoms with van der Waals surface area (Å²) in [5.41, 5.74) is 2.63. The molecule has 0 spiro atoms. The van der Waals surface area contributed by atoms with Crippen LogP contribution in [-0.2, 0) is 10.5 Å². The molecule has 0 N–H and O–H groups in total. The number of carbonyl (C=O) groups is 1. The number of aromatic nitrogens is 1. The summed E-state index contributed by atoms with van der Waals surface area (Å²) in [5, 5.41) is 0.476. The molecular formula is C14H15NO3S. The number of carbonyl (C=O) groups excluding carboxylic acids is 1. The Morgan fingerprint density at radius 1 is 1.47 bits per heavy atom. The molecule has 1 heterocycles. The lowest BCUT2D eigenvalue weighted by molar-refractivity contribution is 0.0519. The average molecular weight is 277 g/mol. The van der Waals surface area contributed by atoms with Gasteiger partial charge in [0.15, 0.2) is 5.69 Å². The summed E-state index contributed by atoms with van der Waals surface area (Å²) in [5.74, 6) is 0.304. The second-order valence-corrected chi connectivity index (χ2v) is 4.92. The summed E-state index contributed by atoms with van der Waals surface area (Å²) in [4.78, 5) is 15.5. The number of oxazole rings is 1. The van der Waals surface area contributed by atoms with Crippen LogP contribution in [0.25, 0.3) is 0 Å². The fourth-order valence-corrected chi connectivity index (χ4v) is 2.32. The monoisotopic (exact) mass is 277 g/mol. The molecule has 1 aromatic carbocycles. The van der Waals surface area contributed by atoms with Gasteiger partial charge in [-0.25, -0.2) is 4.79 Å². The van der Waals surface area contributed by atoms with E-state index in [0.717, 1.165) is 5.75 Å². The third-order valence-corrected chi connectivity index (χ3v) is 3.32. The molecule has 5 heteroatoms. The predicted molar refractivity (Wildman–Crippen MR) is 73.2 cm³/mol. The second kappa shape index (κ2) is 6.43. The van der Waals surface area contributed by atoms with Gasteiger partial charge in [-0.1, -0.05) is 41.6 Å². The van der Waals surface area contributed by atoms with E-state index in [4.69, 9.17) is 9.15 Å². The van der Waals surface area contributed by atoms with Crippen molar-refractivity contribution in [1.82, 2.24) is 4.98 Å². The molecule has 0 radical (unpaired) electrons. The highest BCUT2D eigenvalue weighted by molar-refractivity contribution is 7.98. The van der Waals surface area contributed by atoms with E-state index in [2.05, 4.69) is 30.1 Å². The molecule has 2 aromatic rings. The maximum Gasteiger partial charge on any atom is 0.360 e. The number of benzene rings is 1. The first-order valence-electron chi connectivity index (χ1n) is 6.00. The van der Waals surface area contributed by atoms with E-state index in [1.807, 2.05) is 6.07 Å². The number of rotatable bonds is 5. The summed E-state index contributed by atoms with van der Waals surface area (Å²) >= 11 is 1.45. The van der Waals surface area contributed by atoms with Crippen molar-refractivity contribution in [3.05, 3.63) is 47.3 Å². The Balaban J connectivity index is 1.95. The maximum atomic E-state index is 11.4. The molecular weight excluding hydrogens is 262 g/mol. The Morgan fingerprint density at radius 2 is 2.32 bits per heavy atom. The highest BCUT2D eigenvalue weighted by atomic mass is 32.2. The Kier molecular flexibility index (Phi) is 4.63. The topological polar surface area (TPSA) is 52.3 Å². The largest absolute Gasteiger partial charge is 0.461 e. The Morgan fingerprint density at radius 3 is 3.05 bits per heavy atom. The van der Waals surface area contributed by atoms with Crippen molar-refractivity contribution in [2.45, 2.75) is 24.8 Å². The van der Waals surface area contributed by atoms with Gasteiger partial charge in [-0.05, 0) is 19.4 Å². The average Bonchev–Trinajstić information content (AvgIpc) is 2.86. The van der Waals surface area contributed by atoms with Gasteiger partial charge in [-0.3, -0.25) is 0 Å². The van der Waals surface area contributed by atoms with Gasteiger partial charge in [0.2, 0.25) is 0 Å². The third kappa shape index (κ3) is 3.86. The molecule has 0 aliphatic rings. The minimum absolute atomic E-state index is 0.216. The summed E-state index contributed by atoms with van der Waals surface area (Å²) < 4.78 is 10.1. The van der Waals surface area contributed by atoms with E-state index in [0.29, 0.717) is 11.8 Å². The fraction of sp³-hybridized carbons (Fsp3) is 0.286. The standard InChI is InChI=1S/C14H15NO3S/c1-3-17-13(16)12-8-18-14(15-12)19-9-11-6-4-5-10(2)7-11/h4-8H,3,9H2,1-2H3. The van der Waals surface area contributed by atoms with Gasteiger partial charge in [0, 0.05) is 5.75 Å². The number of ether oxygens (including phenoxy) is 1. The molecule has 19 heavy (non-hydrogen) atoms. The number of hydrogen-bond acceptors (Lipinski definition) is 5. The molecule has 0 atom stereocenters. The first-order chi connectivity index (χ1) is 9.19. The van der Waals surface area contributed by atoms with Crippen molar-refractivity contribution in [2.24, 2.45) is 0 Å². The van der Waals surface area contributed by atoms with E-state index in [1.165, 1.54) is 29.2 Å². The maximum absolute atomic E-state index is 11.4. The first kappa shape index (κ1) is 13.7. The van der Waals surface area contributed by atoms with Gasteiger partial charge in [-0.15, -0.1) is 0 Å². The quantitative estimate of drug-likeness (QED) is 0.619. The summed E-state index contributed by atoms with van der Waals surface area (Å²) in [7, 11) is 0. The minimum Gasteiger partial charge on any atom is -0.461 e. The van der Waals surface area contributed by atoms with Crippen molar-refractivity contribution in [1.29, 1.82) is 0 Å². The Hall–Kier alpha value is -1.75. The molecule has 4 nitrogen and oxygen atoms in total. The molecule has 0 unspecified atom stereocenters. The lowest BCUT2D eigenvalue weighted by Crippen LogP contribution is -2.04. The summed E-state index contributed by atoms with van der Waals surface area (Å²) in [6.45, 7) is 4.14. The summed E-state index contributed by atoms with van der Waals surface area (Å²) in [6, 6.07) is 8.24. The molecule has 0 aliphatic heterocycles. The number of thioether (sulfide) groups is 1. The molecule has 0 amide bonds. The molecule has 0 aliphatic carbocycles. The third-order valence-electron chi connectivity index (χ3n) is 2.41.